The Morgan fingerprint density at radius 2 is 1.89 bits per heavy atom. The van der Waals surface area contributed by atoms with Gasteiger partial charge in [-0.1, -0.05) is 29.3 Å². The van der Waals surface area contributed by atoms with E-state index in [0.717, 1.165) is 11.3 Å². The van der Waals surface area contributed by atoms with E-state index in [2.05, 4.69) is 11.4 Å². The maximum absolute atomic E-state index is 13.3. The number of rotatable bonds is 3. The van der Waals surface area contributed by atoms with Gasteiger partial charge < -0.3 is 5.32 Å². The number of nitrogens with zero attached hydrogens (tertiary/aromatic N) is 1. The van der Waals surface area contributed by atoms with Crippen molar-refractivity contribution >= 4 is 17.3 Å². The predicted octanol–water partition coefficient (Wildman–Crippen LogP) is 4.46. The van der Waals surface area contributed by atoms with Gasteiger partial charge in [-0.15, -0.1) is 0 Å². The van der Waals surface area contributed by atoms with Gasteiger partial charge in [0.1, 0.15) is 11.9 Å². The first-order valence-corrected chi connectivity index (χ1v) is 6.15. The molecule has 0 spiro atoms. The van der Waals surface area contributed by atoms with Gasteiger partial charge in [0.25, 0.3) is 0 Å². The van der Waals surface area contributed by atoms with Crippen LogP contribution in [0, 0.1) is 24.1 Å². The number of aryl methyl sites for hydroxylation is 1. The van der Waals surface area contributed by atoms with Gasteiger partial charge in [-0.25, -0.2) is 4.39 Å². The number of hydrogen-bond acceptors (Lipinski definition) is 2. The number of benzene rings is 2. The zero-order valence-electron chi connectivity index (χ0n) is 10.3. The Balaban J connectivity index is 2.25. The van der Waals surface area contributed by atoms with Crippen molar-refractivity contribution in [1.82, 2.24) is 0 Å². The average molecular weight is 275 g/mol. The van der Waals surface area contributed by atoms with Crippen molar-refractivity contribution in [2.24, 2.45) is 0 Å². The van der Waals surface area contributed by atoms with Crippen LogP contribution in [0.25, 0.3) is 0 Å². The van der Waals surface area contributed by atoms with E-state index >= 15 is 0 Å². The van der Waals surface area contributed by atoms with Gasteiger partial charge >= 0.3 is 0 Å². The lowest BCUT2D eigenvalue weighted by molar-refractivity contribution is 0.625. The lowest BCUT2D eigenvalue weighted by Crippen LogP contribution is -2.08. The second-order valence-corrected chi connectivity index (χ2v) is 4.71. The molecule has 0 saturated heterocycles. The minimum absolute atomic E-state index is 0.279. The Morgan fingerprint density at radius 3 is 2.47 bits per heavy atom. The summed E-state index contributed by atoms with van der Waals surface area (Å²) in [5.74, 6) is -0.451. The van der Waals surface area contributed by atoms with E-state index in [1.165, 1.54) is 12.1 Å². The molecule has 0 aliphatic carbocycles. The first kappa shape index (κ1) is 13.4. The van der Waals surface area contributed by atoms with Crippen molar-refractivity contribution in [3.8, 4) is 6.07 Å². The highest BCUT2D eigenvalue weighted by Gasteiger charge is 2.12. The fraction of sp³-hybridized carbons (Fsp3) is 0.133. The second kappa shape index (κ2) is 5.73. The topological polar surface area (TPSA) is 35.8 Å². The number of hydrogen-bond donors (Lipinski definition) is 1. The van der Waals surface area contributed by atoms with Crippen molar-refractivity contribution in [1.29, 1.82) is 5.26 Å². The molecular formula is C15H12ClFN2. The van der Waals surface area contributed by atoms with Crippen LogP contribution >= 0.6 is 11.6 Å². The normalized spacial score (nSPS) is 11.7. The smallest absolute Gasteiger partial charge is 0.140 e. The van der Waals surface area contributed by atoms with Crippen LogP contribution in [-0.2, 0) is 0 Å². The SMILES string of the molecule is Cc1ccc(NC(C#N)c2cc(F)cc(Cl)c2)cc1. The number of nitriles is 1. The number of nitrogens with one attached hydrogen (secondary N) is 1. The Labute approximate surface area is 116 Å². The first-order valence-electron chi connectivity index (χ1n) is 5.77. The molecule has 1 unspecified atom stereocenters. The van der Waals surface area contributed by atoms with Crippen molar-refractivity contribution in [3.05, 3.63) is 64.4 Å². The molecule has 1 atom stereocenters. The Bertz CT molecular complexity index is 597. The lowest BCUT2D eigenvalue weighted by atomic mass is 10.1. The molecule has 0 aromatic heterocycles. The van der Waals surface area contributed by atoms with Crippen LogP contribution < -0.4 is 5.32 Å². The summed E-state index contributed by atoms with van der Waals surface area (Å²) in [7, 11) is 0. The highest BCUT2D eigenvalue weighted by molar-refractivity contribution is 6.30. The van der Waals surface area contributed by atoms with Crippen molar-refractivity contribution < 1.29 is 4.39 Å². The van der Waals surface area contributed by atoms with E-state index in [1.54, 1.807) is 6.07 Å². The molecule has 1 N–H and O–H groups in total. The summed E-state index contributed by atoms with van der Waals surface area (Å²) < 4.78 is 13.3. The van der Waals surface area contributed by atoms with Gasteiger partial charge in [0.2, 0.25) is 0 Å². The number of halogens is 2. The quantitative estimate of drug-likeness (QED) is 0.897. The highest BCUT2D eigenvalue weighted by Crippen LogP contribution is 2.23. The molecule has 2 aromatic rings. The van der Waals surface area contributed by atoms with Crippen LogP contribution in [0.4, 0.5) is 10.1 Å². The number of anilines is 1. The van der Waals surface area contributed by atoms with Crippen LogP contribution in [0.3, 0.4) is 0 Å². The van der Waals surface area contributed by atoms with Crippen LogP contribution in [0.2, 0.25) is 5.02 Å². The van der Waals surface area contributed by atoms with E-state index < -0.39 is 11.9 Å². The summed E-state index contributed by atoms with van der Waals surface area (Å²) >= 11 is 5.80. The summed E-state index contributed by atoms with van der Waals surface area (Å²) in [5.41, 5.74) is 2.44. The van der Waals surface area contributed by atoms with Gasteiger partial charge in [0.05, 0.1) is 6.07 Å². The highest BCUT2D eigenvalue weighted by atomic mass is 35.5. The van der Waals surface area contributed by atoms with E-state index in [9.17, 15) is 9.65 Å². The van der Waals surface area contributed by atoms with E-state index in [4.69, 9.17) is 11.6 Å². The standard InChI is InChI=1S/C15H12ClFN2/c1-10-2-4-14(5-3-10)19-15(9-18)11-6-12(16)8-13(17)7-11/h2-8,15,19H,1H3. The maximum Gasteiger partial charge on any atom is 0.140 e. The minimum atomic E-state index is -0.643. The largest absolute Gasteiger partial charge is 0.366 e. The molecule has 2 rings (SSSR count). The first-order chi connectivity index (χ1) is 9.08. The van der Waals surface area contributed by atoms with E-state index in [0.29, 0.717) is 5.56 Å². The molecule has 0 bridgehead atoms. The van der Waals surface area contributed by atoms with Crippen molar-refractivity contribution in [2.45, 2.75) is 13.0 Å². The Morgan fingerprint density at radius 1 is 1.21 bits per heavy atom. The molecular weight excluding hydrogens is 263 g/mol. The van der Waals surface area contributed by atoms with Crippen LogP contribution in [0.1, 0.15) is 17.2 Å². The summed E-state index contributed by atoms with van der Waals surface area (Å²) in [6, 6.07) is 13.2. The van der Waals surface area contributed by atoms with E-state index in [-0.39, 0.29) is 5.02 Å². The summed E-state index contributed by atoms with van der Waals surface area (Å²) in [6.45, 7) is 1.98. The van der Waals surface area contributed by atoms with Gasteiger partial charge in [-0.3, -0.25) is 0 Å². The molecule has 2 nitrogen and oxygen atoms in total. The fourth-order valence-corrected chi connectivity index (χ4v) is 1.98. The van der Waals surface area contributed by atoms with Crippen molar-refractivity contribution in [3.63, 3.8) is 0 Å². The molecule has 0 radical (unpaired) electrons. The average Bonchev–Trinajstić information content (AvgIpc) is 2.37. The molecule has 0 aliphatic rings. The minimum Gasteiger partial charge on any atom is -0.366 e. The van der Waals surface area contributed by atoms with E-state index in [1.807, 2.05) is 31.2 Å². The monoisotopic (exact) mass is 274 g/mol. The predicted molar refractivity (Wildman–Crippen MR) is 74.6 cm³/mol. The fourth-order valence-electron chi connectivity index (χ4n) is 1.75. The molecule has 19 heavy (non-hydrogen) atoms. The van der Waals surface area contributed by atoms with Gasteiger partial charge in [0, 0.05) is 10.7 Å². The van der Waals surface area contributed by atoms with Crippen molar-refractivity contribution in [2.75, 3.05) is 5.32 Å². The van der Waals surface area contributed by atoms with Gasteiger partial charge in [0.15, 0.2) is 0 Å². The summed E-state index contributed by atoms with van der Waals surface area (Å²) in [4.78, 5) is 0. The molecule has 0 amide bonds. The third-order valence-corrected chi connectivity index (χ3v) is 2.93. The third-order valence-electron chi connectivity index (χ3n) is 2.71. The molecule has 2 aromatic carbocycles. The third kappa shape index (κ3) is 3.46. The summed E-state index contributed by atoms with van der Waals surface area (Å²) in [5, 5.41) is 12.5. The second-order valence-electron chi connectivity index (χ2n) is 4.28. The lowest BCUT2D eigenvalue weighted by Gasteiger charge is -2.14. The van der Waals surface area contributed by atoms with Crippen LogP contribution in [-0.4, -0.2) is 0 Å². The maximum atomic E-state index is 13.3. The summed E-state index contributed by atoms with van der Waals surface area (Å²) in [6.07, 6.45) is 0. The molecule has 0 heterocycles. The van der Waals surface area contributed by atoms with Gasteiger partial charge in [-0.2, -0.15) is 5.26 Å². The Kier molecular flexibility index (Phi) is 4.03. The van der Waals surface area contributed by atoms with Crippen LogP contribution in [0.15, 0.2) is 42.5 Å². The zero-order chi connectivity index (χ0) is 13.8. The zero-order valence-corrected chi connectivity index (χ0v) is 11.1. The molecule has 96 valence electrons. The van der Waals surface area contributed by atoms with Gasteiger partial charge in [-0.05, 0) is 42.8 Å². The molecule has 0 fully saturated rings. The van der Waals surface area contributed by atoms with Crippen LogP contribution in [0.5, 0.6) is 0 Å². The molecule has 0 aliphatic heterocycles. The Hall–Kier alpha value is -2.05. The molecule has 4 heteroatoms. The molecule has 0 saturated carbocycles.